The number of benzene rings is 3. The highest BCUT2D eigenvalue weighted by Gasteiger charge is 2.44. The fourth-order valence-corrected chi connectivity index (χ4v) is 8.36. The molecule has 1 aliphatic rings. The molecule has 6 amide bonds. The predicted molar refractivity (Wildman–Crippen MR) is 257 cm³/mol. The number of aryl methyl sites for hydroxylation is 1. The van der Waals surface area contributed by atoms with E-state index in [4.69, 9.17) is 14.6 Å². The molecular weight excluding hydrogens is 898 g/mol. The van der Waals surface area contributed by atoms with E-state index in [0.29, 0.717) is 18.9 Å². The first kappa shape index (κ1) is 52.7. The zero-order valence-electron chi connectivity index (χ0n) is 38.9. The number of carbonyl (C=O) groups excluding carboxylic acids is 5. The first-order valence-electron chi connectivity index (χ1n) is 22.7. The minimum Gasteiger partial charge on any atom is -0.465 e. The van der Waals surface area contributed by atoms with Crippen LogP contribution in [0.2, 0.25) is 0 Å². The van der Waals surface area contributed by atoms with Crippen LogP contribution < -0.4 is 26.6 Å². The van der Waals surface area contributed by atoms with E-state index in [1.54, 1.807) is 29.0 Å². The third kappa shape index (κ3) is 16.5. The number of likely N-dealkylation sites (tertiary alicyclic amines) is 1. The molecule has 68 heavy (non-hydrogen) atoms. The van der Waals surface area contributed by atoms with Crippen molar-refractivity contribution in [3.05, 3.63) is 94.9 Å². The summed E-state index contributed by atoms with van der Waals surface area (Å²) in [4.78, 5) is 83.1. The Hall–Kier alpha value is -6.28. The Kier molecular flexibility index (Phi) is 19.9. The van der Waals surface area contributed by atoms with Crippen LogP contribution in [0.15, 0.2) is 72.2 Å². The minimum atomic E-state index is -1.41. The van der Waals surface area contributed by atoms with E-state index < -0.39 is 53.2 Å². The van der Waals surface area contributed by atoms with E-state index in [1.165, 1.54) is 23.1 Å². The summed E-state index contributed by atoms with van der Waals surface area (Å²) in [6, 6.07) is 15.4. The second kappa shape index (κ2) is 25.7. The van der Waals surface area contributed by atoms with Crippen LogP contribution >= 0.6 is 11.3 Å². The smallest absolute Gasteiger partial charge is 0.409 e. The van der Waals surface area contributed by atoms with Crippen LogP contribution in [0.1, 0.15) is 93.8 Å². The van der Waals surface area contributed by atoms with E-state index in [1.807, 2.05) is 57.3 Å². The van der Waals surface area contributed by atoms with Crippen molar-refractivity contribution >= 4 is 64.0 Å². The van der Waals surface area contributed by atoms with Gasteiger partial charge in [-0.15, -0.1) is 11.3 Å². The molecule has 3 atom stereocenters. The van der Waals surface area contributed by atoms with Gasteiger partial charge in [0.2, 0.25) is 23.6 Å². The molecule has 1 unspecified atom stereocenters. The fourth-order valence-electron chi connectivity index (χ4n) is 7.55. The number of nitrogens with one attached hydrogen (secondary N) is 5. The van der Waals surface area contributed by atoms with Gasteiger partial charge in [0, 0.05) is 44.0 Å². The number of unbranched alkanes of at least 4 members (excludes halogenated alkanes) is 6. The number of carboxylic acid groups (broad SMARTS) is 1. The van der Waals surface area contributed by atoms with Gasteiger partial charge in [-0.3, -0.25) is 29.3 Å². The zero-order valence-corrected chi connectivity index (χ0v) is 39.7. The minimum absolute atomic E-state index is 0.0140. The van der Waals surface area contributed by atoms with E-state index >= 15 is 0 Å². The largest absolute Gasteiger partial charge is 0.465 e. The number of anilines is 3. The van der Waals surface area contributed by atoms with Gasteiger partial charge < -0.3 is 45.9 Å². The summed E-state index contributed by atoms with van der Waals surface area (Å²) < 4.78 is 24.7. The molecule has 0 radical (unpaired) electrons. The number of amides is 6. The molecule has 19 heteroatoms. The number of hydrogen-bond acceptors (Lipinski definition) is 11. The molecule has 2 heterocycles. The number of ether oxygens (including phenoxy) is 2. The molecule has 1 aromatic heterocycles. The lowest BCUT2D eigenvalue weighted by Gasteiger charge is -2.35. The topological polar surface area (TPSA) is 238 Å². The molecule has 4 aromatic rings. The third-order valence-corrected chi connectivity index (χ3v) is 12.1. The van der Waals surface area contributed by atoms with Gasteiger partial charge >= 0.3 is 6.09 Å². The van der Waals surface area contributed by atoms with Gasteiger partial charge in [-0.25, -0.2) is 14.2 Å². The SMILES string of the molecule is Cc1ncsc1-c1ccc(CNC(=O)[C@@H]2C[C@@H](O)CN2C(=O)C(NC(=O)COCCCCCCCCCOCC(=O)Nc2ccc(C(=O)Nc3ccc(F)cc3NC(=O)O)cc2)C(C)(C)C)cc1. The molecule has 3 aromatic carbocycles. The van der Waals surface area contributed by atoms with Crippen molar-refractivity contribution in [3.63, 3.8) is 0 Å². The Labute approximate surface area is 399 Å². The Morgan fingerprint density at radius 2 is 1.46 bits per heavy atom. The molecular formula is C49H62FN7O10S. The molecule has 1 saturated heterocycles. The Balaban J connectivity index is 0.900. The summed E-state index contributed by atoms with van der Waals surface area (Å²) in [7, 11) is 0. The molecule has 0 spiro atoms. The van der Waals surface area contributed by atoms with Gasteiger partial charge in [-0.2, -0.15) is 0 Å². The monoisotopic (exact) mass is 959 g/mol. The Morgan fingerprint density at radius 3 is 2.06 bits per heavy atom. The van der Waals surface area contributed by atoms with E-state index in [2.05, 4.69) is 26.3 Å². The molecule has 0 aliphatic carbocycles. The van der Waals surface area contributed by atoms with Crippen molar-refractivity contribution in [1.29, 1.82) is 0 Å². The Bertz CT molecular complexity index is 2340. The highest BCUT2D eigenvalue weighted by atomic mass is 32.1. The second-order valence-electron chi connectivity index (χ2n) is 17.7. The number of halogens is 1. The maximum absolute atomic E-state index is 13.9. The summed E-state index contributed by atoms with van der Waals surface area (Å²) >= 11 is 1.57. The summed E-state index contributed by atoms with van der Waals surface area (Å²) in [5, 5.41) is 32.5. The van der Waals surface area contributed by atoms with Crippen LogP contribution in [0, 0.1) is 18.2 Å². The van der Waals surface area contributed by atoms with Crippen LogP contribution in [0.3, 0.4) is 0 Å². The maximum Gasteiger partial charge on any atom is 0.409 e. The van der Waals surface area contributed by atoms with E-state index in [0.717, 1.165) is 78.8 Å². The molecule has 1 aliphatic heterocycles. The van der Waals surface area contributed by atoms with Gasteiger partial charge in [0.15, 0.2) is 0 Å². The van der Waals surface area contributed by atoms with Crippen LogP contribution in [0.4, 0.5) is 26.2 Å². The van der Waals surface area contributed by atoms with Crippen molar-refractivity contribution in [2.24, 2.45) is 5.41 Å². The molecule has 0 bridgehead atoms. The highest BCUT2D eigenvalue weighted by molar-refractivity contribution is 7.13. The van der Waals surface area contributed by atoms with Gasteiger partial charge in [-0.05, 0) is 78.8 Å². The normalized spacial score (nSPS) is 15.1. The maximum atomic E-state index is 13.9. The number of carbonyl (C=O) groups is 6. The van der Waals surface area contributed by atoms with Crippen LogP contribution in [-0.2, 0) is 35.2 Å². The number of nitrogens with zero attached hydrogens (tertiary/aromatic N) is 2. The average molecular weight is 960 g/mol. The quantitative estimate of drug-likeness (QED) is 0.0349. The van der Waals surface area contributed by atoms with Crippen LogP contribution in [0.25, 0.3) is 10.4 Å². The number of β-amino-alcohol motifs (C(OH)–C–C–N with tert-alkyl or cyclic N) is 1. The van der Waals surface area contributed by atoms with Gasteiger partial charge in [0.05, 0.1) is 33.6 Å². The first-order chi connectivity index (χ1) is 32.5. The molecule has 366 valence electrons. The lowest BCUT2D eigenvalue weighted by Crippen LogP contribution is -2.58. The van der Waals surface area contributed by atoms with Crippen LogP contribution in [-0.4, -0.2) is 107 Å². The van der Waals surface area contributed by atoms with Gasteiger partial charge in [0.1, 0.15) is 31.1 Å². The number of thiazole rings is 1. The number of hydrogen-bond donors (Lipinski definition) is 7. The molecule has 7 N–H and O–H groups in total. The third-order valence-electron chi connectivity index (χ3n) is 11.2. The van der Waals surface area contributed by atoms with Gasteiger partial charge in [-0.1, -0.05) is 77.1 Å². The number of rotatable bonds is 24. The summed E-state index contributed by atoms with van der Waals surface area (Å²) in [6.07, 6.45) is 4.24. The molecule has 17 nitrogen and oxygen atoms in total. The van der Waals surface area contributed by atoms with Crippen molar-refractivity contribution < 1.29 is 52.8 Å². The number of aliphatic hydroxyl groups is 1. The summed E-state index contributed by atoms with van der Waals surface area (Å²) in [6.45, 7) is 8.16. The second-order valence-corrected chi connectivity index (χ2v) is 18.6. The van der Waals surface area contributed by atoms with Gasteiger partial charge in [0.25, 0.3) is 5.91 Å². The zero-order chi connectivity index (χ0) is 49.2. The molecule has 5 rings (SSSR count). The van der Waals surface area contributed by atoms with E-state index in [-0.39, 0.29) is 61.5 Å². The van der Waals surface area contributed by atoms with Crippen LogP contribution in [0.5, 0.6) is 0 Å². The lowest BCUT2D eigenvalue weighted by molar-refractivity contribution is -0.144. The van der Waals surface area contributed by atoms with Crippen molar-refractivity contribution in [2.75, 3.05) is 48.9 Å². The van der Waals surface area contributed by atoms with Crippen molar-refractivity contribution in [3.8, 4) is 10.4 Å². The van der Waals surface area contributed by atoms with Crippen molar-refractivity contribution in [2.45, 2.75) is 104 Å². The average Bonchev–Trinajstić information content (AvgIpc) is 3.91. The standard InChI is InChI=1S/C49H62FN7O10S/c1-31-43(68-30-52-31)33-14-12-32(13-15-33)26-51-46(62)40-25-37(58)27-57(40)47(63)44(49(2,3)4)56-42(60)29-67-23-11-9-7-5-6-8-10-22-66-28-41(59)53-36-19-16-34(17-20-36)45(61)54-38-21-18-35(50)24-39(38)55-48(64)65/h12-21,24,30,37,40,44,55,58H,5-11,22-23,25-29H2,1-4H3,(H,51,62)(H,53,59)(H,54,61)(H,56,60)(H,64,65)/t37-,40+,44?/m1/s1. The summed E-state index contributed by atoms with van der Waals surface area (Å²) in [5.74, 6) is -2.83. The number of aromatic nitrogens is 1. The molecule has 0 saturated carbocycles. The van der Waals surface area contributed by atoms with Crippen molar-refractivity contribution in [1.82, 2.24) is 20.5 Å². The Morgan fingerprint density at radius 1 is 0.824 bits per heavy atom. The highest BCUT2D eigenvalue weighted by Crippen LogP contribution is 2.29. The fraction of sp³-hybridized carbons (Fsp3) is 0.449. The molecule has 1 fully saturated rings. The predicted octanol–water partition coefficient (Wildman–Crippen LogP) is 7.11. The van der Waals surface area contributed by atoms with E-state index in [9.17, 15) is 38.3 Å². The number of aliphatic hydroxyl groups excluding tert-OH is 1. The summed E-state index contributed by atoms with van der Waals surface area (Å²) in [5.41, 5.74) is 4.66. The lowest BCUT2D eigenvalue weighted by atomic mass is 9.85. The first-order valence-corrected chi connectivity index (χ1v) is 23.6.